The number of aliphatic carboxylic acids is 1. The summed E-state index contributed by atoms with van der Waals surface area (Å²) >= 11 is 12.2. The predicted molar refractivity (Wildman–Crippen MR) is 136 cm³/mol. The Labute approximate surface area is 207 Å². The molecule has 1 aromatic carbocycles. The molecule has 1 aromatic heterocycles. The zero-order valence-corrected chi connectivity index (χ0v) is 21.2. The molecule has 0 saturated heterocycles. The van der Waals surface area contributed by atoms with Crippen molar-refractivity contribution in [2.75, 3.05) is 13.2 Å². The van der Waals surface area contributed by atoms with E-state index in [0.29, 0.717) is 16.5 Å². The van der Waals surface area contributed by atoms with E-state index in [9.17, 15) is 4.79 Å². The Morgan fingerprint density at radius 1 is 1.15 bits per heavy atom. The van der Waals surface area contributed by atoms with Gasteiger partial charge in [-0.3, -0.25) is 4.79 Å². The molecule has 1 aliphatic heterocycles. The Hall–Kier alpha value is -1.82. The number of aromatic nitrogens is 1. The minimum atomic E-state index is -0.859. The Morgan fingerprint density at radius 3 is 2.52 bits per heavy atom. The largest absolute Gasteiger partial charge is 0.481 e. The lowest BCUT2D eigenvalue weighted by Crippen LogP contribution is -2.15. The molecule has 1 aliphatic rings. The highest BCUT2D eigenvalue weighted by Gasteiger charge is 2.30. The first-order valence-electron chi connectivity index (χ1n) is 11.9. The summed E-state index contributed by atoms with van der Waals surface area (Å²) in [6, 6.07) is 7.24. The lowest BCUT2D eigenvalue weighted by atomic mass is 10.0. The zero-order chi connectivity index (χ0) is 24.1. The quantitative estimate of drug-likeness (QED) is 0.305. The van der Waals surface area contributed by atoms with Gasteiger partial charge in [0.2, 0.25) is 5.88 Å². The predicted octanol–water partition coefficient (Wildman–Crippen LogP) is 7.17. The fourth-order valence-corrected chi connectivity index (χ4v) is 4.46. The molecule has 0 aliphatic carbocycles. The number of hydrogen-bond donors (Lipinski definition) is 2. The van der Waals surface area contributed by atoms with Crippen molar-refractivity contribution in [3.05, 3.63) is 57.2 Å². The number of rotatable bonds is 12. The molecule has 0 spiro atoms. The molecule has 1 unspecified atom stereocenters. The van der Waals surface area contributed by atoms with Crippen molar-refractivity contribution in [1.29, 1.82) is 0 Å². The average molecular weight is 495 g/mol. The molecule has 1 atom stereocenters. The third-order valence-electron chi connectivity index (χ3n) is 5.75. The van der Waals surface area contributed by atoms with Crippen molar-refractivity contribution in [3.63, 3.8) is 0 Å². The average Bonchev–Trinajstić information content (AvgIpc) is 3.21. The van der Waals surface area contributed by atoms with Gasteiger partial charge in [0.25, 0.3) is 0 Å². The first-order chi connectivity index (χ1) is 15.9. The molecule has 3 rings (SSSR count). The van der Waals surface area contributed by atoms with Gasteiger partial charge in [-0.1, -0.05) is 81.1 Å². The number of hydrogen-bond acceptors (Lipinski definition) is 4. The van der Waals surface area contributed by atoms with Crippen LogP contribution in [0.2, 0.25) is 10.0 Å². The third-order valence-corrected chi connectivity index (χ3v) is 6.31. The molecule has 5 nitrogen and oxygen atoms in total. The monoisotopic (exact) mass is 494 g/mol. The molecule has 2 aromatic rings. The number of halogens is 2. The number of pyridine rings is 1. The van der Waals surface area contributed by atoms with E-state index in [1.165, 1.54) is 56.9 Å². The van der Waals surface area contributed by atoms with E-state index in [1.54, 1.807) is 18.3 Å². The number of carboxylic acids is 1. The molecule has 182 valence electrons. The molecule has 0 radical (unpaired) electrons. The van der Waals surface area contributed by atoms with Gasteiger partial charge in [-0.2, -0.15) is 0 Å². The zero-order valence-electron chi connectivity index (χ0n) is 19.7. The minimum Gasteiger partial charge on any atom is -0.481 e. The van der Waals surface area contributed by atoms with Gasteiger partial charge in [0.15, 0.2) is 0 Å². The van der Waals surface area contributed by atoms with Crippen LogP contribution in [0.1, 0.15) is 80.9 Å². The highest BCUT2D eigenvalue weighted by Crippen LogP contribution is 2.31. The van der Waals surface area contributed by atoms with Crippen molar-refractivity contribution in [1.82, 2.24) is 10.3 Å². The number of aryl methyl sites for hydroxylation is 1. The first-order valence-corrected chi connectivity index (χ1v) is 12.6. The fourth-order valence-electron chi connectivity index (χ4n) is 3.80. The maximum atomic E-state index is 10.7. The summed E-state index contributed by atoms with van der Waals surface area (Å²) < 4.78 is 5.08. The van der Waals surface area contributed by atoms with Gasteiger partial charge in [-0.25, -0.2) is 4.98 Å². The van der Waals surface area contributed by atoms with Gasteiger partial charge in [0.05, 0.1) is 0 Å². The van der Waals surface area contributed by atoms with E-state index in [2.05, 4.69) is 24.1 Å². The lowest BCUT2D eigenvalue weighted by molar-refractivity contribution is -0.138. The van der Waals surface area contributed by atoms with Crippen molar-refractivity contribution < 1.29 is 14.6 Å². The number of nitrogens with zero attached hydrogens (tertiary/aromatic N) is 1. The Bertz CT molecular complexity index is 853. The van der Waals surface area contributed by atoms with Crippen LogP contribution in [0.4, 0.5) is 0 Å². The van der Waals surface area contributed by atoms with Gasteiger partial charge >= 0.3 is 5.97 Å². The molecule has 2 N–H and O–H groups in total. The van der Waals surface area contributed by atoms with Crippen molar-refractivity contribution in [2.45, 2.75) is 77.7 Å². The molecule has 0 amide bonds. The van der Waals surface area contributed by atoms with Crippen LogP contribution in [0.5, 0.6) is 5.88 Å². The van der Waals surface area contributed by atoms with Crippen LogP contribution in [0.15, 0.2) is 30.5 Å². The van der Waals surface area contributed by atoms with Crippen LogP contribution in [0.25, 0.3) is 0 Å². The topological polar surface area (TPSA) is 71.5 Å². The molecular weight excluding hydrogens is 459 g/mol. The molecule has 0 saturated carbocycles. The van der Waals surface area contributed by atoms with Gasteiger partial charge in [0.1, 0.15) is 12.5 Å². The van der Waals surface area contributed by atoms with Crippen molar-refractivity contribution in [2.24, 2.45) is 0 Å². The molecular formula is C26H36Cl2N2O3. The minimum absolute atomic E-state index is 0.196. The Balaban J connectivity index is 0.000000268. The third kappa shape index (κ3) is 9.52. The maximum Gasteiger partial charge on any atom is 0.314 e. The molecule has 0 bridgehead atoms. The van der Waals surface area contributed by atoms with Crippen LogP contribution in [-0.2, 0) is 11.3 Å². The van der Waals surface area contributed by atoms with E-state index in [1.807, 2.05) is 12.1 Å². The number of nitrogens with one attached hydrogen (secondary N) is 1. The SMILES string of the molecule is CCCCCCCCCCNCc1c(C)cc(Cl)cc1Cl.O=C(O)C1COc2ncccc21. The molecule has 2 heterocycles. The standard InChI is InChI=1S/C18H29Cl2N.C8H7NO3/c1-3-4-5-6-7-8-9-10-11-21-14-17-15(2)12-16(19)13-18(17)20;10-8(11)6-4-12-7-5(6)2-1-3-9-7/h12-13,21H,3-11,14H2,1-2H3;1-3,6H,4H2,(H,10,11). The number of benzene rings is 1. The van der Waals surface area contributed by atoms with Gasteiger partial charge in [0, 0.05) is 28.4 Å². The second kappa shape index (κ2) is 15.2. The van der Waals surface area contributed by atoms with Gasteiger partial charge in [-0.15, -0.1) is 0 Å². The first kappa shape index (κ1) is 27.4. The van der Waals surface area contributed by atoms with Crippen LogP contribution in [-0.4, -0.2) is 29.2 Å². The number of ether oxygens (including phenoxy) is 1. The Kier molecular flexibility index (Phi) is 12.6. The highest BCUT2D eigenvalue weighted by molar-refractivity contribution is 6.35. The fraction of sp³-hybridized carbons (Fsp3) is 0.538. The van der Waals surface area contributed by atoms with Gasteiger partial charge in [-0.05, 0) is 49.2 Å². The van der Waals surface area contributed by atoms with E-state index >= 15 is 0 Å². The van der Waals surface area contributed by atoms with Crippen molar-refractivity contribution >= 4 is 29.2 Å². The molecule has 0 fully saturated rings. The summed E-state index contributed by atoms with van der Waals surface area (Å²) in [5.41, 5.74) is 3.00. The number of fused-ring (bicyclic) bond motifs is 1. The smallest absolute Gasteiger partial charge is 0.314 e. The normalized spacial score (nSPS) is 14.2. The number of carbonyl (C=O) groups is 1. The summed E-state index contributed by atoms with van der Waals surface area (Å²) in [6.07, 6.45) is 12.4. The number of unbranched alkanes of at least 4 members (excludes halogenated alkanes) is 7. The van der Waals surface area contributed by atoms with E-state index in [0.717, 1.165) is 23.7 Å². The Morgan fingerprint density at radius 2 is 1.85 bits per heavy atom. The van der Waals surface area contributed by atoms with Crippen LogP contribution in [0.3, 0.4) is 0 Å². The van der Waals surface area contributed by atoms with E-state index in [-0.39, 0.29) is 6.61 Å². The van der Waals surface area contributed by atoms with Gasteiger partial charge < -0.3 is 15.2 Å². The van der Waals surface area contributed by atoms with Crippen LogP contribution < -0.4 is 10.1 Å². The second-order valence-corrected chi connectivity index (χ2v) is 9.28. The maximum absolute atomic E-state index is 10.7. The number of carboxylic acid groups (broad SMARTS) is 1. The second-order valence-electron chi connectivity index (χ2n) is 8.43. The summed E-state index contributed by atoms with van der Waals surface area (Å²) in [7, 11) is 0. The van der Waals surface area contributed by atoms with E-state index in [4.69, 9.17) is 33.0 Å². The molecule has 7 heteroatoms. The van der Waals surface area contributed by atoms with Crippen molar-refractivity contribution in [3.8, 4) is 5.88 Å². The highest BCUT2D eigenvalue weighted by atomic mass is 35.5. The summed E-state index contributed by atoms with van der Waals surface area (Å²) in [5, 5.41) is 13.7. The summed E-state index contributed by atoms with van der Waals surface area (Å²) in [5.74, 6) is -0.958. The summed E-state index contributed by atoms with van der Waals surface area (Å²) in [6.45, 7) is 6.42. The molecule has 33 heavy (non-hydrogen) atoms. The lowest BCUT2D eigenvalue weighted by Gasteiger charge is -2.10. The van der Waals surface area contributed by atoms with Crippen LogP contribution >= 0.6 is 23.2 Å². The summed E-state index contributed by atoms with van der Waals surface area (Å²) in [4.78, 5) is 14.6. The van der Waals surface area contributed by atoms with E-state index < -0.39 is 11.9 Å². The van der Waals surface area contributed by atoms with Crippen LogP contribution in [0, 0.1) is 6.92 Å².